The topological polar surface area (TPSA) is 62.1 Å². The van der Waals surface area contributed by atoms with Gasteiger partial charge in [0.2, 0.25) is 0 Å². The van der Waals surface area contributed by atoms with Gasteiger partial charge in [0.1, 0.15) is 5.75 Å². The zero-order chi connectivity index (χ0) is 17.7. The van der Waals surface area contributed by atoms with Crippen LogP contribution in [0.4, 0.5) is 5.69 Å². The van der Waals surface area contributed by atoms with Crippen LogP contribution in [0, 0.1) is 11.3 Å². The Morgan fingerprint density at radius 1 is 1.21 bits per heavy atom. The summed E-state index contributed by atoms with van der Waals surface area (Å²) in [6.45, 7) is 6.54. The molecule has 1 aliphatic carbocycles. The number of allylic oxidation sites excluding steroid dienone is 3. The number of ether oxygens (including phenoxy) is 1. The highest BCUT2D eigenvalue weighted by atomic mass is 28.3. The second-order valence-corrected chi connectivity index (χ2v) is 11.9. The smallest absolute Gasteiger partial charge is 0.164 e. The third-order valence-corrected chi connectivity index (χ3v) is 6.13. The second-order valence-electron chi connectivity index (χ2n) is 6.92. The van der Waals surface area contributed by atoms with Gasteiger partial charge in [0.05, 0.1) is 21.3 Å². The van der Waals surface area contributed by atoms with E-state index in [1.807, 2.05) is 24.3 Å². The van der Waals surface area contributed by atoms with Gasteiger partial charge < -0.3 is 10.1 Å². The van der Waals surface area contributed by atoms with Crippen LogP contribution in [-0.2, 0) is 4.79 Å². The van der Waals surface area contributed by atoms with Crippen molar-refractivity contribution in [2.24, 2.45) is 0 Å². The van der Waals surface area contributed by atoms with Crippen molar-refractivity contribution in [3.8, 4) is 11.8 Å². The van der Waals surface area contributed by atoms with Crippen LogP contribution in [0.5, 0.6) is 5.75 Å². The van der Waals surface area contributed by atoms with Crippen LogP contribution in [0.25, 0.3) is 0 Å². The molecule has 0 saturated heterocycles. The molecule has 0 aliphatic heterocycles. The zero-order valence-corrected chi connectivity index (χ0v) is 15.8. The largest absolute Gasteiger partial charge is 0.497 e. The lowest BCUT2D eigenvalue weighted by atomic mass is 10.1. The molecular formula is C19H24N2O2Si. The molecule has 0 aromatic heterocycles. The monoisotopic (exact) mass is 340 g/mol. The molecule has 0 amide bonds. The number of nitriles is 1. The third kappa shape index (κ3) is 4.15. The number of rotatable bonds is 4. The molecule has 1 aromatic carbocycles. The highest BCUT2D eigenvalue weighted by Crippen LogP contribution is 2.33. The molecule has 5 heteroatoms. The Bertz CT molecular complexity index is 719. The standard InChI is InChI=1S/C19H24N2O2Si/c1-23-16-10-8-15(9-11-16)21-13-17-18(22)7-5-6-14(12-20)19(17)24(2,3)4/h8-11,13,21H,5-7H2,1-4H3/b17-13-. The van der Waals surface area contributed by atoms with Gasteiger partial charge in [-0.25, -0.2) is 0 Å². The normalized spacial score (nSPS) is 17.5. The van der Waals surface area contributed by atoms with Crippen molar-refractivity contribution in [1.82, 2.24) is 0 Å². The average Bonchev–Trinajstić information content (AvgIpc) is 2.71. The maximum Gasteiger partial charge on any atom is 0.164 e. The molecule has 0 atom stereocenters. The fourth-order valence-electron chi connectivity index (χ4n) is 2.95. The summed E-state index contributed by atoms with van der Waals surface area (Å²) < 4.78 is 5.15. The van der Waals surface area contributed by atoms with Gasteiger partial charge in [-0.15, -0.1) is 0 Å². The van der Waals surface area contributed by atoms with Crippen molar-refractivity contribution in [3.05, 3.63) is 46.8 Å². The van der Waals surface area contributed by atoms with E-state index < -0.39 is 8.07 Å². The molecule has 1 N–H and O–H groups in total. The number of hydrogen-bond donors (Lipinski definition) is 1. The summed E-state index contributed by atoms with van der Waals surface area (Å²) >= 11 is 0. The quantitative estimate of drug-likeness (QED) is 0.650. The van der Waals surface area contributed by atoms with Crippen LogP contribution in [0.2, 0.25) is 19.6 Å². The Hall–Kier alpha value is -2.32. The zero-order valence-electron chi connectivity index (χ0n) is 14.8. The SMILES string of the molecule is COc1ccc(N/C=C2/C(=O)CCCC(C#N)=C2[Si](C)(C)C)cc1. The van der Waals surface area contributed by atoms with Crippen molar-refractivity contribution >= 4 is 19.5 Å². The van der Waals surface area contributed by atoms with Crippen molar-refractivity contribution < 1.29 is 9.53 Å². The lowest BCUT2D eigenvalue weighted by Crippen LogP contribution is -2.29. The van der Waals surface area contributed by atoms with Crippen LogP contribution in [-0.4, -0.2) is 21.0 Å². The first-order chi connectivity index (χ1) is 11.4. The Kier molecular flexibility index (Phi) is 5.63. The summed E-state index contributed by atoms with van der Waals surface area (Å²) in [5.41, 5.74) is 2.34. The van der Waals surface area contributed by atoms with Gasteiger partial charge >= 0.3 is 0 Å². The Morgan fingerprint density at radius 3 is 2.42 bits per heavy atom. The first-order valence-electron chi connectivity index (χ1n) is 8.15. The van der Waals surface area contributed by atoms with Crippen LogP contribution in [0.3, 0.4) is 0 Å². The lowest BCUT2D eigenvalue weighted by molar-refractivity contribution is -0.115. The lowest BCUT2D eigenvalue weighted by Gasteiger charge is -2.23. The molecule has 0 heterocycles. The van der Waals surface area contributed by atoms with Crippen LogP contribution >= 0.6 is 0 Å². The minimum Gasteiger partial charge on any atom is -0.497 e. The minimum absolute atomic E-state index is 0.124. The number of anilines is 1. The van der Waals surface area contributed by atoms with Gasteiger partial charge in [0.15, 0.2) is 5.78 Å². The third-order valence-electron chi connectivity index (χ3n) is 4.06. The van der Waals surface area contributed by atoms with E-state index in [0.717, 1.165) is 28.6 Å². The van der Waals surface area contributed by atoms with Gasteiger partial charge in [-0.3, -0.25) is 4.79 Å². The molecule has 0 spiro atoms. The summed E-state index contributed by atoms with van der Waals surface area (Å²) in [5.74, 6) is 0.909. The van der Waals surface area contributed by atoms with E-state index in [1.54, 1.807) is 13.3 Å². The average molecular weight is 340 g/mol. The van der Waals surface area contributed by atoms with Gasteiger partial charge in [-0.1, -0.05) is 19.6 Å². The van der Waals surface area contributed by atoms with Crippen molar-refractivity contribution in [2.45, 2.75) is 38.9 Å². The van der Waals surface area contributed by atoms with Gasteiger partial charge in [0, 0.05) is 29.5 Å². The molecule has 24 heavy (non-hydrogen) atoms. The molecule has 2 rings (SSSR count). The summed E-state index contributed by atoms with van der Waals surface area (Å²) in [6, 6.07) is 9.88. The maximum absolute atomic E-state index is 12.6. The molecule has 0 fully saturated rings. The highest BCUT2D eigenvalue weighted by Gasteiger charge is 2.31. The highest BCUT2D eigenvalue weighted by molar-refractivity contribution is 6.84. The second kappa shape index (κ2) is 7.50. The number of nitrogens with one attached hydrogen (secondary N) is 1. The van der Waals surface area contributed by atoms with E-state index in [4.69, 9.17) is 4.74 Å². The number of carbonyl (C=O) groups is 1. The number of carbonyl (C=O) groups excluding carboxylic acids is 1. The number of ketones is 1. The van der Waals surface area contributed by atoms with Crippen LogP contribution < -0.4 is 10.1 Å². The van der Waals surface area contributed by atoms with E-state index >= 15 is 0 Å². The number of Topliss-reactive ketones (excluding diaryl/α,β-unsaturated/α-hetero) is 1. The van der Waals surface area contributed by atoms with E-state index in [2.05, 4.69) is 31.0 Å². The van der Waals surface area contributed by atoms with Crippen LogP contribution in [0.15, 0.2) is 46.8 Å². The Labute approximate surface area is 144 Å². The predicted molar refractivity (Wildman–Crippen MR) is 99.5 cm³/mol. The van der Waals surface area contributed by atoms with Gasteiger partial charge in [-0.2, -0.15) is 5.26 Å². The molecule has 0 bridgehead atoms. The fraction of sp³-hybridized carbons (Fsp3) is 0.368. The molecular weight excluding hydrogens is 316 g/mol. The molecule has 0 unspecified atom stereocenters. The summed E-state index contributed by atoms with van der Waals surface area (Å²) in [7, 11) is -0.194. The van der Waals surface area contributed by atoms with E-state index in [1.165, 1.54) is 0 Å². The summed E-state index contributed by atoms with van der Waals surface area (Å²) in [4.78, 5) is 12.6. The predicted octanol–water partition coefficient (Wildman–Crippen LogP) is 4.44. The molecule has 0 saturated carbocycles. The molecule has 1 aliphatic rings. The Morgan fingerprint density at radius 2 is 1.88 bits per heavy atom. The number of nitrogens with zero attached hydrogens (tertiary/aromatic N) is 1. The Balaban J connectivity index is 2.41. The first-order valence-corrected chi connectivity index (χ1v) is 11.6. The summed E-state index contributed by atoms with van der Waals surface area (Å²) in [6.07, 6.45) is 3.72. The molecule has 0 radical (unpaired) electrons. The van der Waals surface area contributed by atoms with Crippen LogP contribution in [0.1, 0.15) is 19.3 Å². The maximum atomic E-state index is 12.6. The molecule has 126 valence electrons. The van der Waals surface area contributed by atoms with Gasteiger partial charge in [-0.05, 0) is 42.3 Å². The number of methoxy groups -OCH3 is 1. The van der Waals surface area contributed by atoms with E-state index in [9.17, 15) is 10.1 Å². The van der Waals surface area contributed by atoms with E-state index in [0.29, 0.717) is 18.4 Å². The minimum atomic E-state index is -1.82. The molecule has 4 nitrogen and oxygen atoms in total. The van der Waals surface area contributed by atoms with E-state index in [-0.39, 0.29) is 5.78 Å². The number of hydrogen-bond acceptors (Lipinski definition) is 4. The first kappa shape index (κ1) is 18.0. The van der Waals surface area contributed by atoms with Crippen molar-refractivity contribution in [2.75, 3.05) is 12.4 Å². The fourth-order valence-corrected chi connectivity index (χ4v) is 5.06. The number of benzene rings is 1. The van der Waals surface area contributed by atoms with Crippen molar-refractivity contribution in [1.29, 1.82) is 5.26 Å². The summed E-state index contributed by atoms with van der Waals surface area (Å²) in [5, 5.41) is 13.7. The van der Waals surface area contributed by atoms with Crippen molar-refractivity contribution in [3.63, 3.8) is 0 Å². The molecule has 1 aromatic rings. The van der Waals surface area contributed by atoms with Gasteiger partial charge in [0.25, 0.3) is 0 Å².